The van der Waals surface area contributed by atoms with Crippen LogP contribution in [0.5, 0.6) is 0 Å². The lowest BCUT2D eigenvalue weighted by Crippen LogP contribution is -2.13. The van der Waals surface area contributed by atoms with Gasteiger partial charge in [-0.2, -0.15) is 4.98 Å². The summed E-state index contributed by atoms with van der Waals surface area (Å²) < 4.78 is 37.5. The van der Waals surface area contributed by atoms with Gasteiger partial charge in [0.05, 0.1) is 19.5 Å². The molecule has 0 saturated heterocycles. The molecule has 13 heteroatoms. The molecule has 11 nitrogen and oxygen atoms in total. The predicted molar refractivity (Wildman–Crippen MR) is 130 cm³/mol. The van der Waals surface area contributed by atoms with Gasteiger partial charge in [-0.25, -0.2) is 4.98 Å². The smallest absolute Gasteiger partial charge is 0.356 e. The van der Waals surface area contributed by atoms with Crippen LogP contribution in [0.1, 0.15) is 22.6 Å². The number of hydrogen-bond donors (Lipinski definition) is 2. The molecule has 0 aliphatic heterocycles. The van der Waals surface area contributed by atoms with Crippen LogP contribution in [0.15, 0.2) is 45.9 Å². The largest absolute Gasteiger partial charge is 0.464 e. The lowest BCUT2D eigenvalue weighted by molar-refractivity contribution is 0.114. The third-order valence-electron chi connectivity index (χ3n) is 5.08. The van der Waals surface area contributed by atoms with E-state index in [1.165, 1.54) is 6.33 Å². The number of furan rings is 1. The van der Waals surface area contributed by atoms with Crippen molar-refractivity contribution in [2.24, 2.45) is 0 Å². The molecule has 0 saturated carbocycles. The Labute approximate surface area is 205 Å². The number of halogens is 1. The Hall–Kier alpha value is -2.95. The number of ether oxygens (including phenoxy) is 1. The summed E-state index contributed by atoms with van der Waals surface area (Å²) in [4.78, 5) is 22.5. The van der Waals surface area contributed by atoms with Gasteiger partial charge < -0.3 is 24.0 Å². The van der Waals surface area contributed by atoms with Gasteiger partial charge in [0, 0.05) is 11.6 Å². The Balaban J connectivity index is 1.40. The van der Waals surface area contributed by atoms with Crippen molar-refractivity contribution in [1.29, 1.82) is 0 Å². The number of nitrogen functional groups attached to an aromatic ring is 1. The second-order valence-electron chi connectivity index (χ2n) is 7.85. The van der Waals surface area contributed by atoms with Crippen LogP contribution in [0.25, 0.3) is 11.2 Å². The standard InChI is InChI=1S/C22H25ClN5O6P/c1-14-3-5-16(9-18(14)23)10-32-35(30,33-11-17-6-4-15(2)34-17)13-31-8-7-28-12-25-19-20(28)26-22(24)27-21(19)29/h3-6,9,12H,7-8,10-11,13H2,1-2H3,(H3,24,26,27,29). The van der Waals surface area contributed by atoms with Gasteiger partial charge in [0.2, 0.25) is 5.95 Å². The molecule has 4 aromatic rings. The zero-order chi connectivity index (χ0) is 25.0. The number of aryl methyl sites for hydroxylation is 2. The van der Waals surface area contributed by atoms with Crippen LogP contribution in [-0.4, -0.2) is 32.5 Å². The first-order valence-corrected chi connectivity index (χ1v) is 12.8. The molecule has 3 heterocycles. The number of anilines is 1. The second kappa shape index (κ2) is 10.8. The van der Waals surface area contributed by atoms with Gasteiger partial charge in [0.25, 0.3) is 5.56 Å². The van der Waals surface area contributed by atoms with Crippen LogP contribution in [0.2, 0.25) is 5.02 Å². The fraction of sp³-hybridized carbons (Fsp3) is 0.318. The summed E-state index contributed by atoms with van der Waals surface area (Å²) >= 11 is 6.18. The maximum Gasteiger partial charge on any atom is 0.356 e. The molecule has 4 rings (SSSR count). The predicted octanol–water partition coefficient (Wildman–Crippen LogP) is 4.17. The van der Waals surface area contributed by atoms with Crippen LogP contribution < -0.4 is 11.3 Å². The molecule has 35 heavy (non-hydrogen) atoms. The van der Waals surface area contributed by atoms with Crippen molar-refractivity contribution in [3.05, 3.63) is 74.7 Å². The Morgan fingerprint density at radius 2 is 2.00 bits per heavy atom. The summed E-state index contributed by atoms with van der Waals surface area (Å²) in [6.45, 7) is 4.10. The number of benzene rings is 1. The maximum absolute atomic E-state index is 13.4. The number of imidazole rings is 1. The number of aromatic nitrogens is 4. The minimum Gasteiger partial charge on any atom is -0.464 e. The first kappa shape index (κ1) is 25.2. The number of H-pyrrole nitrogens is 1. The Kier molecular flexibility index (Phi) is 7.73. The fourth-order valence-corrected chi connectivity index (χ4v) is 4.66. The first-order chi connectivity index (χ1) is 16.7. The van der Waals surface area contributed by atoms with Gasteiger partial charge in [0.1, 0.15) is 24.5 Å². The second-order valence-corrected chi connectivity index (χ2v) is 10.3. The van der Waals surface area contributed by atoms with Crippen molar-refractivity contribution in [3.63, 3.8) is 0 Å². The molecule has 186 valence electrons. The van der Waals surface area contributed by atoms with E-state index in [-0.39, 0.29) is 44.2 Å². The molecule has 0 aliphatic carbocycles. The summed E-state index contributed by atoms with van der Waals surface area (Å²) in [6.07, 6.45) is 1.16. The van der Waals surface area contributed by atoms with Crippen LogP contribution in [-0.2, 0) is 38.1 Å². The number of nitrogens with one attached hydrogen (secondary N) is 1. The molecule has 1 aromatic carbocycles. The lowest BCUT2D eigenvalue weighted by Gasteiger charge is -2.18. The van der Waals surface area contributed by atoms with Crippen LogP contribution in [0, 0.1) is 13.8 Å². The quantitative estimate of drug-likeness (QED) is 0.219. The molecule has 0 radical (unpaired) electrons. The van der Waals surface area contributed by atoms with Gasteiger partial charge >= 0.3 is 7.60 Å². The van der Waals surface area contributed by atoms with E-state index < -0.39 is 13.2 Å². The van der Waals surface area contributed by atoms with E-state index in [2.05, 4.69) is 15.0 Å². The van der Waals surface area contributed by atoms with Gasteiger partial charge in [-0.3, -0.25) is 18.9 Å². The van der Waals surface area contributed by atoms with Crippen molar-refractivity contribution >= 4 is 36.3 Å². The van der Waals surface area contributed by atoms with Crippen LogP contribution in [0.4, 0.5) is 5.95 Å². The Bertz CT molecular complexity index is 1430. The molecular weight excluding hydrogens is 497 g/mol. The van der Waals surface area contributed by atoms with E-state index in [1.54, 1.807) is 29.7 Å². The number of aromatic amines is 1. The normalized spacial score (nSPS) is 13.3. The zero-order valence-corrected chi connectivity index (χ0v) is 20.8. The number of rotatable bonds is 11. The highest BCUT2D eigenvalue weighted by atomic mass is 35.5. The van der Waals surface area contributed by atoms with E-state index in [1.807, 2.05) is 19.1 Å². The topological polar surface area (TPSA) is 147 Å². The summed E-state index contributed by atoms with van der Waals surface area (Å²) in [6, 6.07) is 8.98. The molecule has 0 amide bonds. The molecule has 1 atom stereocenters. The van der Waals surface area contributed by atoms with E-state index >= 15 is 0 Å². The molecule has 0 spiro atoms. The molecule has 0 aliphatic rings. The number of hydrogen-bond acceptors (Lipinski definition) is 9. The van der Waals surface area contributed by atoms with Crippen molar-refractivity contribution in [2.45, 2.75) is 33.6 Å². The highest BCUT2D eigenvalue weighted by Gasteiger charge is 2.26. The Morgan fingerprint density at radius 3 is 2.74 bits per heavy atom. The van der Waals surface area contributed by atoms with Gasteiger partial charge in [0.15, 0.2) is 11.2 Å². The van der Waals surface area contributed by atoms with Gasteiger partial charge in [-0.05, 0) is 43.2 Å². The molecule has 1 unspecified atom stereocenters. The lowest BCUT2D eigenvalue weighted by atomic mass is 10.2. The first-order valence-electron chi connectivity index (χ1n) is 10.7. The maximum atomic E-state index is 13.4. The van der Waals surface area contributed by atoms with Crippen molar-refractivity contribution < 1.29 is 22.8 Å². The number of nitrogens with zero attached hydrogens (tertiary/aromatic N) is 3. The number of nitrogens with two attached hydrogens (primary N) is 1. The highest BCUT2D eigenvalue weighted by molar-refractivity contribution is 7.53. The van der Waals surface area contributed by atoms with E-state index in [0.717, 1.165) is 11.1 Å². The average molecular weight is 522 g/mol. The summed E-state index contributed by atoms with van der Waals surface area (Å²) in [5.74, 6) is 1.22. The minimum absolute atomic E-state index is 0.0131. The van der Waals surface area contributed by atoms with Crippen LogP contribution in [0.3, 0.4) is 0 Å². The monoisotopic (exact) mass is 521 g/mol. The van der Waals surface area contributed by atoms with E-state index in [0.29, 0.717) is 22.2 Å². The molecule has 3 N–H and O–H groups in total. The summed E-state index contributed by atoms with van der Waals surface area (Å²) in [7, 11) is -3.68. The van der Waals surface area contributed by atoms with Crippen LogP contribution >= 0.6 is 19.2 Å². The molecular formula is C22H25ClN5O6P. The third-order valence-corrected chi connectivity index (χ3v) is 7.03. The van der Waals surface area contributed by atoms with Crippen molar-refractivity contribution in [3.8, 4) is 0 Å². The molecule has 0 bridgehead atoms. The zero-order valence-electron chi connectivity index (χ0n) is 19.2. The molecule has 0 fully saturated rings. The third kappa shape index (κ3) is 6.39. The summed E-state index contributed by atoms with van der Waals surface area (Å²) in [5, 5.41) is 0.588. The van der Waals surface area contributed by atoms with E-state index in [9.17, 15) is 9.36 Å². The van der Waals surface area contributed by atoms with Crippen molar-refractivity contribution in [1.82, 2.24) is 19.5 Å². The molecule has 3 aromatic heterocycles. The summed E-state index contributed by atoms with van der Waals surface area (Å²) in [5.41, 5.74) is 7.37. The van der Waals surface area contributed by atoms with Crippen molar-refractivity contribution in [2.75, 3.05) is 18.7 Å². The minimum atomic E-state index is -3.68. The number of fused-ring (bicyclic) bond motifs is 1. The SMILES string of the molecule is Cc1ccc(COP(=O)(COCCn2cnc3c(=O)[nH]c(N)nc32)OCc2ccc(C)c(Cl)c2)o1. The van der Waals surface area contributed by atoms with E-state index in [4.69, 9.17) is 35.5 Å². The fourth-order valence-electron chi connectivity index (χ4n) is 3.21. The average Bonchev–Trinajstić information content (AvgIpc) is 3.42. The van der Waals surface area contributed by atoms with Gasteiger partial charge in [-0.15, -0.1) is 0 Å². The Morgan fingerprint density at radius 1 is 1.20 bits per heavy atom. The highest BCUT2D eigenvalue weighted by Crippen LogP contribution is 2.49. The van der Waals surface area contributed by atoms with Gasteiger partial charge in [-0.1, -0.05) is 23.7 Å².